The normalized spacial score (nSPS) is 11.7. The largest absolute Gasteiger partial charge is 0.481 e. The summed E-state index contributed by atoms with van der Waals surface area (Å²) < 4.78 is 6.92. The third-order valence-electron chi connectivity index (χ3n) is 3.26. The van der Waals surface area contributed by atoms with Crippen LogP contribution in [0.5, 0.6) is 0 Å². The predicted molar refractivity (Wildman–Crippen MR) is 82.7 cm³/mol. The van der Waals surface area contributed by atoms with Gasteiger partial charge < -0.3 is 19.7 Å². The molecular formula is C16H19N3O4. The molecule has 0 aliphatic rings. The molecule has 0 fully saturated rings. The summed E-state index contributed by atoms with van der Waals surface area (Å²) in [5.74, 6) is -1.02. The predicted octanol–water partition coefficient (Wildman–Crippen LogP) is 2.35. The van der Waals surface area contributed by atoms with Gasteiger partial charge in [0.2, 0.25) is 0 Å². The Hall–Kier alpha value is -2.83. The van der Waals surface area contributed by atoms with E-state index in [0.717, 1.165) is 5.56 Å². The smallest absolute Gasteiger partial charge is 0.408 e. The van der Waals surface area contributed by atoms with Gasteiger partial charge in [-0.05, 0) is 12.5 Å². The minimum atomic E-state index is -1.02. The Balaban J connectivity index is 1.96. The number of carbonyl (C=O) groups is 2. The Kier molecular flexibility index (Phi) is 5.74. The van der Waals surface area contributed by atoms with Crippen LogP contribution in [0.2, 0.25) is 0 Å². The summed E-state index contributed by atoms with van der Waals surface area (Å²) in [6, 6.07) is 8.51. The van der Waals surface area contributed by atoms with E-state index in [1.807, 2.05) is 37.3 Å². The number of benzene rings is 1. The molecule has 1 atom stereocenters. The molecule has 122 valence electrons. The van der Waals surface area contributed by atoms with Gasteiger partial charge in [0.05, 0.1) is 24.5 Å². The van der Waals surface area contributed by atoms with Gasteiger partial charge in [0, 0.05) is 12.7 Å². The van der Waals surface area contributed by atoms with Gasteiger partial charge in [-0.2, -0.15) is 0 Å². The number of hydrogen-bond donors (Lipinski definition) is 2. The minimum absolute atomic E-state index is 0.121. The average molecular weight is 317 g/mol. The second-order valence-corrected chi connectivity index (χ2v) is 4.99. The lowest BCUT2D eigenvalue weighted by Crippen LogP contribution is -2.31. The van der Waals surface area contributed by atoms with Crippen LogP contribution in [-0.2, 0) is 22.7 Å². The second kappa shape index (κ2) is 7.98. The molecule has 1 heterocycles. The number of aromatic nitrogens is 2. The van der Waals surface area contributed by atoms with Crippen molar-refractivity contribution in [3.8, 4) is 0 Å². The van der Waals surface area contributed by atoms with Gasteiger partial charge in [-0.15, -0.1) is 0 Å². The zero-order chi connectivity index (χ0) is 16.7. The first-order chi connectivity index (χ1) is 11.1. The quantitative estimate of drug-likeness (QED) is 0.817. The van der Waals surface area contributed by atoms with Crippen LogP contribution in [0.1, 0.15) is 30.6 Å². The van der Waals surface area contributed by atoms with Crippen LogP contribution in [-0.4, -0.2) is 26.7 Å². The number of carboxylic acids is 1. The number of nitrogens with zero attached hydrogens (tertiary/aromatic N) is 2. The van der Waals surface area contributed by atoms with Crippen molar-refractivity contribution in [3.63, 3.8) is 0 Å². The molecule has 1 aromatic heterocycles. The number of ether oxygens (including phenoxy) is 1. The molecule has 1 aromatic carbocycles. The highest BCUT2D eigenvalue weighted by atomic mass is 16.5. The zero-order valence-corrected chi connectivity index (χ0v) is 12.8. The molecule has 2 N–H and O–H groups in total. The van der Waals surface area contributed by atoms with E-state index in [4.69, 9.17) is 9.84 Å². The van der Waals surface area contributed by atoms with E-state index >= 15 is 0 Å². The molecule has 7 nitrogen and oxygen atoms in total. The van der Waals surface area contributed by atoms with Crippen molar-refractivity contribution in [2.24, 2.45) is 0 Å². The van der Waals surface area contributed by atoms with Crippen molar-refractivity contribution >= 4 is 12.1 Å². The van der Waals surface area contributed by atoms with Gasteiger partial charge >= 0.3 is 12.1 Å². The molecule has 0 radical (unpaired) electrons. The number of nitrogens with one attached hydrogen (secondary N) is 1. The number of carboxylic acid groups (broad SMARTS) is 1. The summed E-state index contributed by atoms with van der Waals surface area (Å²) in [5.41, 5.74) is 1.35. The third kappa shape index (κ3) is 5.14. The number of carbonyl (C=O) groups excluding carboxylic acids is 1. The molecule has 23 heavy (non-hydrogen) atoms. The summed E-state index contributed by atoms with van der Waals surface area (Å²) >= 11 is 0. The lowest BCUT2D eigenvalue weighted by molar-refractivity contribution is -0.137. The number of aliphatic carboxylic acids is 1. The first kappa shape index (κ1) is 16.5. The maximum absolute atomic E-state index is 11.9. The summed E-state index contributed by atoms with van der Waals surface area (Å²) in [5, 5.41) is 11.6. The Bertz CT molecular complexity index is 654. The summed E-state index contributed by atoms with van der Waals surface area (Å²) in [7, 11) is 0. The lowest BCUT2D eigenvalue weighted by atomic mass is 10.1. The molecule has 0 aliphatic carbocycles. The highest BCUT2D eigenvalue weighted by molar-refractivity contribution is 5.71. The summed E-state index contributed by atoms with van der Waals surface area (Å²) in [6.45, 7) is 2.78. The SMILES string of the molecule is CCn1cnc([C@@H](CC(=O)O)NC(=O)OCc2ccccc2)c1. The van der Waals surface area contributed by atoms with Gasteiger partial charge in [0.25, 0.3) is 0 Å². The van der Waals surface area contributed by atoms with E-state index in [2.05, 4.69) is 10.3 Å². The first-order valence-corrected chi connectivity index (χ1v) is 7.29. The molecule has 0 saturated heterocycles. The molecule has 0 saturated carbocycles. The van der Waals surface area contributed by atoms with Crippen LogP contribution >= 0.6 is 0 Å². The van der Waals surface area contributed by atoms with Gasteiger partial charge in [0.15, 0.2) is 0 Å². The maximum Gasteiger partial charge on any atom is 0.408 e. The Morgan fingerprint density at radius 1 is 1.35 bits per heavy atom. The molecule has 2 rings (SSSR count). The number of rotatable bonds is 7. The van der Waals surface area contributed by atoms with Crippen molar-refractivity contribution < 1.29 is 19.4 Å². The number of amides is 1. The third-order valence-corrected chi connectivity index (χ3v) is 3.26. The molecule has 0 bridgehead atoms. The van der Waals surface area contributed by atoms with Crippen LogP contribution in [0.4, 0.5) is 4.79 Å². The fourth-order valence-electron chi connectivity index (χ4n) is 2.04. The summed E-state index contributed by atoms with van der Waals surface area (Å²) in [4.78, 5) is 27.0. The van der Waals surface area contributed by atoms with E-state index in [-0.39, 0.29) is 13.0 Å². The van der Waals surface area contributed by atoms with Crippen LogP contribution in [0.15, 0.2) is 42.9 Å². The average Bonchev–Trinajstić information content (AvgIpc) is 3.02. The Morgan fingerprint density at radius 2 is 2.09 bits per heavy atom. The van der Waals surface area contributed by atoms with E-state index in [1.165, 1.54) is 0 Å². The topological polar surface area (TPSA) is 93.5 Å². The van der Waals surface area contributed by atoms with Crippen molar-refractivity contribution in [1.82, 2.24) is 14.9 Å². The van der Waals surface area contributed by atoms with Gasteiger partial charge in [-0.1, -0.05) is 30.3 Å². The Labute approximate surface area is 133 Å². The first-order valence-electron chi connectivity index (χ1n) is 7.29. The molecule has 0 unspecified atom stereocenters. The number of aryl methyl sites for hydroxylation is 1. The highest BCUT2D eigenvalue weighted by Crippen LogP contribution is 2.15. The maximum atomic E-state index is 11.9. The summed E-state index contributed by atoms with van der Waals surface area (Å²) in [6.07, 6.45) is 2.37. The highest BCUT2D eigenvalue weighted by Gasteiger charge is 2.21. The van der Waals surface area contributed by atoms with E-state index < -0.39 is 18.1 Å². The van der Waals surface area contributed by atoms with E-state index in [0.29, 0.717) is 12.2 Å². The van der Waals surface area contributed by atoms with Crippen molar-refractivity contribution in [2.45, 2.75) is 32.5 Å². The van der Waals surface area contributed by atoms with Crippen molar-refractivity contribution in [1.29, 1.82) is 0 Å². The van der Waals surface area contributed by atoms with Crippen molar-refractivity contribution in [2.75, 3.05) is 0 Å². The molecule has 2 aromatic rings. The standard InChI is InChI=1S/C16H19N3O4/c1-2-19-9-14(17-11-19)13(8-15(20)21)18-16(22)23-10-12-6-4-3-5-7-12/h3-7,9,11,13H,2,8,10H2,1H3,(H,18,22)(H,20,21)/t13-/m1/s1. The molecule has 0 spiro atoms. The van der Waals surface area contributed by atoms with Gasteiger partial charge in [0.1, 0.15) is 6.61 Å². The Morgan fingerprint density at radius 3 is 2.70 bits per heavy atom. The zero-order valence-electron chi connectivity index (χ0n) is 12.8. The fourth-order valence-corrected chi connectivity index (χ4v) is 2.04. The monoisotopic (exact) mass is 317 g/mol. The molecule has 1 amide bonds. The van der Waals surface area contributed by atoms with Crippen LogP contribution in [0.3, 0.4) is 0 Å². The van der Waals surface area contributed by atoms with Crippen molar-refractivity contribution in [3.05, 3.63) is 54.1 Å². The van der Waals surface area contributed by atoms with E-state index in [1.54, 1.807) is 17.1 Å². The van der Waals surface area contributed by atoms with Crippen LogP contribution < -0.4 is 5.32 Å². The van der Waals surface area contributed by atoms with Crippen LogP contribution in [0.25, 0.3) is 0 Å². The van der Waals surface area contributed by atoms with Gasteiger partial charge in [-0.3, -0.25) is 4.79 Å². The number of imidazole rings is 1. The van der Waals surface area contributed by atoms with E-state index in [9.17, 15) is 9.59 Å². The number of hydrogen-bond acceptors (Lipinski definition) is 4. The van der Waals surface area contributed by atoms with Gasteiger partial charge in [-0.25, -0.2) is 9.78 Å². The lowest BCUT2D eigenvalue weighted by Gasteiger charge is -2.15. The number of alkyl carbamates (subject to hydrolysis) is 1. The second-order valence-electron chi connectivity index (χ2n) is 4.99. The molecule has 0 aliphatic heterocycles. The molecule has 7 heteroatoms. The fraction of sp³-hybridized carbons (Fsp3) is 0.312. The minimum Gasteiger partial charge on any atom is -0.481 e. The van der Waals surface area contributed by atoms with Crippen LogP contribution in [0, 0.1) is 0 Å². The molecular weight excluding hydrogens is 298 g/mol.